The topological polar surface area (TPSA) is 32.3 Å². The van der Waals surface area contributed by atoms with Gasteiger partial charge in [-0.3, -0.25) is 4.79 Å². The zero-order valence-electron chi connectivity index (χ0n) is 10.3. The summed E-state index contributed by atoms with van der Waals surface area (Å²) >= 11 is 0. The average molecular weight is 212 g/mol. The maximum absolute atomic E-state index is 11.2. The minimum Gasteiger partial charge on any atom is -0.359 e. The molecule has 0 bridgehead atoms. The molecular formula is C12H24N2O. The maximum atomic E-state index is 11.2. The van der Waals surface area contributed by atoms with E-state index in [-0.39, 0.29) is 5.91 Å². The van der Waals surface area contributed by atoms with Crippen LogP contribution < -0.4 is 5.32 Å². The quantitative estimate of drug-likeness (QED) is 0.751. The normalized spacial score (nSPS) is 19.5. The minimum absolute atomic E-state index is 0.140. The van der Waals surface area contributed by atoms with Crippen molar-refractivity contribution in [2.24, 2.45) is 5.92 Å². The van der Waals surface area contributed by atoms with Crippen LogP contribution in [0.3, 0.4) is 0 Å². The summed E-state index contributed by atoms with van der Waals surface area (Å²) in [6, 6.07) is 0.352. The number of amides is 1. The molecule has 0 saturated heterocycles. The lowest BCUT2D eigenvalue weighted by molar-refractivity contribution is -0.121. The van der Waals surface area contributed by atoms with Crippen LogP contribution in [0, 0.1) is 5.92 Å². The fourth-order valence-electron chi connectivity index (χ4n) is 2.31. The van der Waals surface area contributed by atoms with Gasteiger partial charge in [-0.2, -0.15) is 0 Å². The summed E-state index contributed by atoms with van der Waals surface area (Å²) in [5, 5.41) is 2.68. The standard InChI is InChI=1S/C12H24N2O/c1-10(8-12(15)13-2)14(3)9-11-6-4-5-7-11/h10-11H,4-9H2,1-3H3,(H,13,15). The Morgan fingerprint density at radius 3 is 2.60 bits per heavy atom. The maximum Gasteiger partial charge on any atom is 0.221 e. The van der Waals surface area contributed by atoms with E-state index in [0.29, 0.717) is 12.5 Å². The van der Waals surface area contributed by atoms with Crippen molar-refractivity contribution >= 4 is 5.91 Å². The first-order valence-electron chi connectivity index (χ1n) is 6.04. The molecule has 0 heterocycles. The fraction of sp³-hybridized carbons (Fsp3) is 0.917. The molecule has 1 aliphatic carbocycles. The van der Waals surface area contributed by atoms with Gasteiger partial charge < -0.3 is 10.2 Å². The highest BCUT2D eigenvalue weighted by molar-refractivity contribution is 5.76. The number of carbonyl (C=O) groups is 1. The van der Waals surface area contributed by atoms with E-state index in [1.54, 1.807) is 7.05 Å². The van der Waals surface area contributed by atoms with Gasteiger partial charge >= 0.3 is 0 Å². The van der Waals surface area contributed by atoms with E-state index in [0.717, 1.165) is 12.5 Å². The monoisotopic (exact) mass is 212 g/mol. The number of hydrogen-bond acceptors (Lipinski definition) is 2. The highest BCUT2D eigenvalue weighted by Crippen LogP contribution is 2.25. The zero-order chi connectivity index (χ0) is 11.3. The van der Waals surface area contributed by atoms with Crippen LogP contribution in [0.1, 0.15) is 39.0 Å². The molecule has 1 saturated carbocycles. The van der Waals surface area contributed by atoms with Crippen LogP contribution in [-0.4, -0.2) is 37.5 Å². The van der Waals surface area contributed by atoms with Gasteiger partial charge in [-0.05, 0) is 32.7 Å². The van der Waals surface area contributed by atoms with E-state index in [1.165, 1.54) is 25.7 Å². The van der Waals surface area contributed by atoms with Gasteiger partial charge in [0.05, 0.1) is 0 Å². The molecule has 0 radical (unpaired) electrons. The molecule has 0 aromatic carbocycles. The molecule has 1 aliphatic rings. The largest absolute Gasteiger partial charge is 0.359 e. The summed E-state index contributed by atoms with van der Waals surface area (Å²) in [6.45, 7) is 3.28. The number of rotatable bonds is 5. The van der Waals surface area contributed by atoms with Crippen molar-refractivity contribution < 1.29 is 4.79 Å². The SMILES string of the molecule is CNC(=O)CC(C)N(C)CC1CCCC1. The lowest BCUT2D eigenvalue weighted by atomic mass is 10.1. The smallest absolute Gasteiger partial charge is 0.221 e. The Bertz CT molecular complexity index is 200. The molecule has 0 aromatic heterocycles. The van der Waals surface area contributed by atoms with Crippen LogP contribution in [0.2, 0.25) is 0 Å². The summed E-state index contributed by atoms with van der Waals surface area (Å²) < 4.78 is 0. The van der Waals surface area contributed by atoms with Gasteiger partial charge in [0.25, 0.3) is 0 Å². The molecule has 0 spiro atoms. The molecule has 1 unspecified atom stereocenters. The summed E-state index contributed by atoms with van der Waals surface area (Å²) in [7, 11) is 3.83. The van der Waals surface area contributed by atoms with Crippen LogP contribution in [0.25, 0.3) is 0 Å². The average Bonchev–Trinajstić information content (AvgIpc) is 2.70. The van der Waals surface area contributed by atoms with Gasteiger partial charge in [0.1, 0.15) is 0 Å². The third kappa shape index (κ3) is 4.20. The summed E-state index contributed by atoms with van der Waals surface area (Å²) in [5.74, 6) is 1.00. The number of hydrogen-bond donors (Lipinski definition) is 1. The summed E-state index contributed by atoms with van der Waals surface area (Å²) in [5.41, 5.74) is 0. The van der Waals surface area contributed by atoms with Gasteiger partial charge in [-0.25, -0.2) is 0 Å². The molecule has 1 N–H and O–H groups in total. The van der Waals surface area contributed by atoms with Gasteiger partial charge in [-0.1, -0.05) is 12.8 Å². The second kappa shape index (κ2) is 6.11. The molecule has 1 fully saturated rings. The second-order valence-corrected chi connectivity index (χ2v) is 4.82. The summed E-state index contributed by atoms with van der Waals surface area (Å²) in [6.07, 6.45) is 6.14. The Labute approximate surface area is 93.2 Å². The van der Waals surface area contributed by atoms with E-state index in [4.69, 9.17) is 0 Å². The lowest BCUT2D eigenvalue weighted by Gasteiger charge is -2.26. The molecule has 1 atom stereocenters. The third-order valence-corrected chi connectivity index (χ3v) is 3.53. The van der Waals surface area contributed by atoms with Crippen molar-refractivity contribution in [3.63, 3.8) is 0 Å². The van der Waals surface area contributed by atoms with E-state index in [1.807, 2.05) is 0 Å². The number of carbonyl (C=O) groups excluding carboxylic acids is 1. The molecule has 15 heavy (non-hydrogen) atoms. The number of nitrogens with zero attached hydrogens (tertiary/aromatic N) is 1. The van der Waals surface area contributed by atoms with Crippen molar-refractivity contribution in [3.8, 4) is 0 Å². The van der Waals surface area contributed by atoms with Crippen LogP contribution in [0.4, 0.5) is 0 Å². The van der Waals surface area contributed by atoms with Gasteiger partial charge in [0.15, 0.2) is 0 Å². The lowest BCUT2D eigenvalue weighted by Crippen LogP contribution is -2.36. The van der Waals surface area contributed by atoms with Crippen molar-refractivity contribution in [2.75, 3.05) is 20.6 Å². The van der Waals surface area contributed by atoms with Crippen LogP contribution in [0.15, 0.2) is 0 Å². The molecule has 1 rings (SSSR count). The first kappa shape index (κ1) is 12.5. The zero-order valence-corrected chi connectivity index (χ0v) is 10.3. The molecule has 1 amide bonds. The predicted octanol–water partition coefficient (Wildman–Crippen LogP) is 1.63. The Kier molecular flexibility index (Phi) is 5.09. The Balaban J connectivity index is 2.25. The first-order valence-corrected chi connectivity index (χ1v) is 6.04. The Hall–Kier alpha value is -0.570. The van der Waals surface area contributed by atoms with Gasteiger partial charge in [0, 0.05) is 26.1 Å². The molecule has 3 heteroatoms. The molecule has 3 nitrogen and oxygen atoms in total. The Morgan fingerprint density at radius 2 is 2.07 bits per heavy atom. The van der Waals surface area contributed by atoms with Crippen molar-refractivity contribution in [3.05, 3.63) is 0 Å². The first-order chi connectivity index (χ1) is 7.13. The third-order valence-electron chi connectivity index (χ3n) is 3.53. The highest BCUT2D eigenvalue weighted by Gasteiger charge is 2.20. The van der Waals surface area contributed by atoms with Crippen LogP contribution >= 0.6 is 0 Å². The summed E-state index contributed by atoms with van der Waals surface area (Å²) in [4.78, 5) is 13.6. The van der Waals surface area contributed by atoms with Crippen molar-refractivity contribution in [1.29, 1.82) is 0 Å². The van der Waals surface area contributed by atoms with Crippen LogP contribution in [-0.2, 0) is 4.79 Å². The Morgan fingerprint density at radius 1 is 1.47 bits per heavy atom. The molecular weight excluding hydrogens is 188 g/mol. The van der Waals surface area contributed by atoms with Crippen molar-refractivity contribution in [1.82, 2.24) is 10.2 Å². The molecule has 88 valence electrons. The van der Waals surface area contributed by atoms with Crippen molar-refractivity contribution in [2.45, 2.75) is 45.1 Å². The van der Waals surface area contributed by atoms with E-state index < -0.39 is 0 Å². The molecule has 0 aliphatic heterocycles. The number of nitrogens with one attached hydrogen (secondary N) is 1. The van der Waals surface area contributed by atoms with E-state index in [2.05, 4.69) is 24.2 Å². The van der Waals surface area contributed by atoms with Gasteiger partial charge in [0.2, 0.25) is 5.91 Å². The van der Waals surface area contributed by atoms with E-state index in [9.17, 15) is 4.79 Å². The molecule has 0 aromatic rings. The fourth-order valence-corrected chi connectivity index (χ4v) is 2.31. The minimum atomic E-state index is 0.140. The predicted molar refractivity (Wildman–Crippen MR) is 62.7 cm³/mol. The van der Waals surface area contributed by atoms with Crippen LogP contribution in [0.5, 0.6) is 0 Å². The second-order valence-electron chi connectivity index (χ2n) is 4.82. The van der Waals surface area contributed by atoms with Gasteiger partial charge in [-0.15, -0.1) is 0 Å². The highest BCUT2D eigenvalue weighted by atomic mass is 16.1. The van der Waals surface area contributed by atoms with E-state index >= 15 is 0 Å².